The Labute approximate surface area is 111 Å². The van der Waals surface area contributed by atoms with Crippen LogP contribution in [0.2, 0.25) is 0 Å². The maximum absolute atomic E-state index is 8.52. The minimum atomic E-state index is 0.277. The van der Waals surface area contributed by atoms with Crippen LogP contribution in [-0.4, -0.2) is 20.4 Å². The van der Waals surface area contributed by atoms with E-state index >= 15 is 0 Å². The molecule has 0 bridgehead atoms. The van der Waals surface area contributed by atoms with E-state index in [0.29, 0.717) is 17.2 Å². The molecule has 0 amide bonds. The van der Waals surface area contributed by atoms with E-state index in [1.165, 1.54) is 19.0 Å². The fourth-order valence-electron chi connectivity index (χ4n) is 3.26. The smallest absolute Gasteiger partial charge is 0.154 e. The summed E-state index contributed by atoms with van der Waals surface area (Å²) >= 11 is 0. The monoisotopic (exact) mass is 257 g/mol. The molecule has 0 radical (unpaired) electrons. The molecule has 1 fully saturated rings. The van der Waals surface area contributed by atoms with E-state index in [9.17, 15) is 0 Å². The summed E-state index contributed by atoms with van der Waals surface area (Å²) in [4.78, 5) is 7.23. The number of aromatic nitrogens is 3. The topological polar surface area (TPSA) is 81.3 Å². The van der Waals surface area contributed by atoms with E-state index in [0.717, 1.165) is 24.0 Å². The summed E-state index contributed by atoms with van der Waals surface area (Å²) in [5, 5.41) is 16.6. The van der Waals surface area contributed by atoms with Crippen LogP contribution in [-0.2, 0) is 0 Å². The predicted molar refractivity (Wildman–Crippen MR) is 74.2 cm³/mol. The average Bonchev–Trinajstić information content (AvgIpc) is 3.05. The highest BCUT2D eigenvalue weighted by Gasteiger charge is 2.30. The van der Waals surface area contributed by atoms with Crippen molar-refractivity contribution in [2.45, 2.75) is 32.6 Å². The van der Waals surface area contributed by atoms with Crippen molar-refractivity contribution in [2.75, 3.05) is 0 Å². The number of rotatable bonds is 2. The van der Waals surface area contributed by atoms with Crippen molar-refractivity contribution in [3.8, 4) is 0 Å². The van der Waals surface area contributed by atoms with Gasteiger partial charge in [-0.05, 0) is 24.8 Å². The molecular weight excluding hydrogens is 238 g/mol. The first-order chi connectivity index (χ1) is 9.22. The quantitative estimate of drug-likeness (QED) is 0.560. The molecule has 1 aliphatic carbocycles. The SMILES string of the molecule is CC[C@@H]1CCC[C@H]1C(=N)n1c(=N)cnc2[nH]ccc21. The number of hydrogen-bond acceptors (Lipinski definition) is 3. The van der Waals surface area contributed by atoms with Crippen LogP contribution >= 0.6 is 0 Å². The summed E-state index contributed by atoms with van der Waals surface area (Å²) in [6.07, 6.45) is 7.91. The molecule has 1 aliphatic rings. The van der Waals surface area contributed by atoms with Gasteiger partial charge in [0, 0.05) is 12.1 Å². The van der Waals surface area contributed by atoms with E-state index in [4.69, 9.17) is 10.8 Å². The molecule has 3 rings (SSSR count). The van der Waals surface area contributed by atoms with Crippen molar-refractivity contribution in [1.82, 2.24) is 14.5 Å². The molecule has 2 aromatic rings. The molecule has 2 aromatic heterocycles. The first-order valence-corrected chi connectivity index (χ1v) is 6.91. The maximum Gasteiger partial charge on any atom is 0.154 e. The second kappa shape index (κ2) is 4.64. The van der Waals surface area contributed by atoms with Crippen LogP contribution in [0, 0.1) is 22.7 Å². The van der Waals surface area contributed by atoms with Crippen molar-refractivity contribution >= 4 is 17.0 Å². The van der Waals surface area contributed by atoms with Gasteiger partial charge in [-0.2, -0.15) is 0 Å². The second-order valence-electron chi connectivity index (χ2n) is 5.28. The Kier molecular flexibility index (Phi) is 2.97. The average molecular weight is 257 g/mol. The normalized spacial score (nSPS) is 23.0. The lowest BCUT2D eigenvalue weighted by atomic mass is 9.92. The molecule has 100 valence electrons. The van der Waals surface area contributed by atoms with Crippen molar-refractivity contribution in [3.63, 3.8) is 0 Å². The van der Waals surface area contributed by atoms with Crippen LogP contribution < -0.4 is 5.49 Å². The van der Waals surface area contributed by atoms with Gasteiger partial charge < -0.3 is 4.98 Å². The fraction of sp³-hybridized carbons (Fsp3) is 0.500. The first kappa shape index (κ1) is 12.1. The zero-order valence-corrected chi connectivity index (χ0v) is 11.1. The molecule has 0 saturated heterocycles. The standard InChI is InChI=1S/C14H19N5/c1-2-9-4-3-5-10(9)13(16)19-11-6-7-17-14(11)18-8-12(19)15/h6-10,15-17H,2-5H2,1H3/t9-,10-/m1/s1. The molecule has 3 N–H and O–H groups in total. The molecule has 2 atom stereocenters. The van der Waals surface area contributed by atoms with Gasteiger partial charge in [0.15, 0.2) is 5.65 Å². The summed E-state index contributed by atoms with van der Waals surface area (Å²) in [6, 6.07) is 1.89. The van der Waals surface area contributed by atoms with Crippen molar-refractivity contribution in [1.29, 1.82) is 10.8 Å². The lowest BCUT2D eigenvalue weighted by Gasteiger charge is -2.21. The molecule has 0 aliphatic heterocycles. The predicted octanol–water partition coefficient (Wildman–Crippen LogP) is 2.50. The third-order valence-electron chi connectivity index (χ3n) is 4.28. The summed E-state index contributed by atoms with van der Waals surface area (Å²) in [6.45, 7) is 2.20. The molecule has 2 heterocycles. The Morgan fingerprint density at radius 2 is 2.37 bits per heavy atom. The van der Waals surface area contributed by atoms with E-state index < -0.39 is 0 Å². The van der Waals surface area contributed by atoms with Gasteiger partial charge >= 0.3 is 0 Å². The van der Waals surface area contributed by atoms with Crippen LogP contribution in [0.25, 0.3) is 11.2 Å². The zero-order valence-electron chi connectivity index (χ0n) is 11.1. The number of nitrogens with zero attached hydrogens (tertiary/aromatic N) is 2. The first-order valence-electron chi connectivity index (χ1n) is 6.91. The van der Waals surface area contributed by atoms with E-state index in [2.05, 4.69) is 16.9 Å². The summed E-state index contributed by atoms with van der Waals surface area (Å²) in [5.41, 5.74) is 1.87. The molecule has 19 heavy (non-hydrogen) atoms. The van der Waals surface area contributed by atoms with Crippen LogP contribution in [0.3, 0.4) is 0 Å². The van der Waals surface area contributed by atoms with Gasteiger partial charge in [-0.3, -0.25) is 15.4 Å². The highest BCUT2D eigenvalue weighted by atomic mass is 15.1. The van der Waals surface area contributed by atoms with Gasteiger partial charge in [0.05, 0.1) is 11.7 Å². The third-order valence-corrected chi connectivity index (χ3v) is 4.28. The van der Waals surface area contributed by atoms with Gasteiger partial charge in [0.25, 0.3) is 0 Å². The highest BCUT2D eigenvalue weighted by molar-refractivity contribution is 5.91. The van der Waals surface area contributed by atoms with Gasteiger partial charge in [-0.15, -0.1) is 0 Å². The number of fused-ring (bicyclic) bond motifs is 1. The number of hydrogen-bond donors (Lipinski definition) is 3. The van der Waals surface area contributed by atoms with E-state index in [1.54, 1.807) is 4.57 Å². The van der Waals surface area contributed by atoms with Gasteiger partial charge in [0.2, 0.25) is 0 Å². The Hall–Kier alpha value is -1.91. The fourth-order valence-corrected chi connectivity index (χ4v) is 3.26. The summed E-state index contributed by atoms with van der Waals surface area (Å²) in [7, 11) is 0. The van der Waals surface area contributed by atoms with Gasteiger partial charge in [-0.1, -0.05) is 19.8 Å². The number of nitrogens with one attached hydrogen (secondary N) is 3. The minimum Gasteiger partial charge on any atom is -0.345 e. The molecule has 0 spiro atoms. The van der Waals surface area contributed by atoms with Gasteiger partial charge in [0.1, 0.15) is 11.3 Å². The molecule has 0 unspecified atom stereocenters. The van der Waals surface area contributed by atoms with Crippen LogP contribution in [0.1, 0.15) is 32.6 Å². The Morgan fingerprint density at radius 3 is 3.16 bits per heavy atom. The second-order valence-corrected chi connectivity index (χ2v) is 5.28. The summed E-state index contributed by atoms with van der Waals surface area (Å²) in [5.74, 6) is 1.42. The molecule has 1 saturated carbocycles. The number of aromatic amines is 1. The molecule has 0 aromatic carbocycles. The van der Waals surface area contributed by atoms with Crippen LogP contribution in [0.5, 0.6) is 0 Å². The van der Waals surface area contributed by atoms with Crippen molar-refractivity contribution < 1.29 is 0 Å². The molecular formula is C14H19N5. The van der Waals surface area contributed by atoms with Crippen molar-refractivity contribution in [3.05, 3.63) is 23.9 Å². The summed E-state index contributed by atoms with van der Waals surface area (Å²) < 4.78 is 1.73. The van der Waals surface area contributed by atoms with Crippen LogP contribution in [0.4, 0.5) is 0 Å². The lowest BCUT2D eigenvalue weighted by molar-refractivity contribution is 0.457. The molecule has 5 heteroatoms. The van der Waals surface area contributed by atoms with E-state index in [-0.39, 0.29) is 5.92 Å². The highest BCUT2D eigenvalue weighted by Crippen LogP contribution is 2.35. The Morgan fingerprint density at radius 1 is 1.53 bits per heavy atom. The zero-order chi connectivity index (χ0) is 13.4. The van der Waals surface area contributed by atoms with Crippen LogP contribution in [0.15, 0.2) is 18.5 Å². The lowest BCUT2D eigenvalue weighted by Crippen LogP contribution is -2.33. The largest absolute Gasteiger partial charge is 0.345 e. The maximum atomic E-state index is 8.52. The molecule has 5 nitrogen and oxygen atoms in total. The Bertz CT molecular complexity index is 666. The number of H-pyrrole nitrogens is 1. The van der Waals surface area contributed by atoms with E-state index in [1.807, 2.05) is 12.3 Å². The Balaban J connectivity index is 2.08. The van der Waals surface area contributed by atoms with Crippen molar-refractivity contribution in [2.24, 2.45) is 11.8 Å². The minimum absolute atomic E-state index is 0.277. The van der Waals surface area contributed by atoms with Gasteiger partial charge in [-0.25, -0.2) is 4.98 Å². The third kappa shape index (κ3) is 1.89.